The minimum absolute atomic E-state index is 0.000112. The summed E-state index contributed by atoms with van der Waals surface area (Å²) in [4.78, 5) is 26.9. The van der Waals surface area contributed by atoms with E-state index < -0.39 is 12.0 Å². The topological polar surface area (TPSA) is 81.1 Å². The molecule has 0 radical (unpaired) electrons. The number of hydrogen-bond donors (Lipinski definition) is 2. The summed E-state index contributed by atoms with van der Waals surface area (Å²) in [7, 11) is 0. The summed E-state index contributed by atoms with van der Waals surface area (Å²) < 4.78 is 0. The van der Waals surface area contributed by atoms with Gasteiger partial charge in [-0.25, -0.2) is 9.59 Å². The number of carbonyl (C=O) groups excluding carboxylic acids is 1. The summed E-state index contributed by atoms with van der Waals surface area (Å²) in [6.07, 6.45) is 2.54. The molecule has 2 rings (SSSR count). The highest BCUT2D eigenvalue weighted by Gasteiger charge is 2.41. The maximum absolute atomic E-state index is 12.4. The fraction of sp³-hybridized carbons (Fsp3) is 0.846. The first-order valence-corrected chi connectivity index (χ1v) is 6.93. The van der Waals surface area contributed by atoms with E-state index in [0.29, 0.717) is 19.6 Å². The minimum Gasteiger partial charge on any atom is -0.480 e. The highest BCUT2D eigenvalue weighted by molar-refractivity contribution is 5.83. The molecule has 2 heterocycles. The first-order chi connectivity index (χ1) is 9.04. The highest BCUT2D eigenvalue weighted by atomic mass is 16.4. The molecule has 19 heavy (non-hydrogen) atoms. The molecule has 108 valence electrons. The lowest BCUT2D eigenvalue weighted by Crippen LogP contribution is -2.52. The van der Waals surface area contributed by atoms with Crippen molar-refractivity contribution in [3.8, 4) is 0 Å². The number of aliphatic hydroxyl groups excluding tert-OH is 1. The summed E-state index contributed by atoms with van der Waals surface area (Å²) in [5.41, 5.74) is 0. The van der Waals surface area contributed by atoms with Crippen molar-refractivity contribution in [2.24, 2.45) is 11.8 Å². The number of aliphatic hydroxyl groups is 1. The molecule has 0 aliphatic carbocycles. The maximum Gasteiger partial charge on any atom is 0.326 e. The summed E-state index contributed by atoms with van der Waals surface area (Å²) in [6, 6.07) is -0.892. The van der Waals surface area contributed by atoms with E-state index in [-0.39, 0.29) is 24.5 Å². The molecule has 0 bridgehead atoms. The Morgan fingerprint density at radius 3 is 2.63 bits per heavy atom. The highest BCUT2D eigenvalue weighted by Crippen LogP contribution is 2.27. The zero-order chi connectivity index (χ0) is 14.0. The second-order valence-corrected chi connectivity index (χ2v) is 5.66. The molecule has 0 aromatic carbocycles. The van der Waals surface area contributed by atoms with Gasteiger partial charge >= 0.3 is 12.0 Å². The standard InChI is InChI=1S/C13H22N2O4/c1-9-4-6-15(11(9)12(17)18)13(19)14-5-2-3-10(7-14)8-16/h9-11,16H,2-8H2,1H3,(H,17,18). The summed E-state index contributed by atoms with van der Waals surface area (Å²) in [6.45, 7) is 3.66. The molecule has 6 nitrogen and oxygen atoms in total. The van der Waals surface area contributed by atoms with Gasteiger partial charge < -0.3 is 20.0 Å². The van der Waals surface area contributed by atoms with Gasteiger partial charge in [0.1, 0.15) is 6.04 Å². The quantitative estimate of drug-likeness (QED) is 0.770. The fourth-order valence-electron chi connectivity index (χ4n) is 3.11. The molecular weight excluding hydrogens is 248 g/mol. The first kappa shape index (κ1) is 14.1. The van der Waals surface area contributed by atoms with E-state index in [9.17, 15) is 19.8 Å². The Kier molecular flexibility index (Phi) is 4.29. The molecule has 2 fully saturated rings. The van der Waals surface area contributed by atoms with Crippen LogP contribution in [0.3, 0.4) is 0 Å². The van der Waals surface area contributed by atoms with E-state index in [1.54, 1.807) is 4.90 Å². The number of amides is 2. The van der Waals surface area contributed by atoms with Gasteiger partial charge in [-0.1, -0.05) is 6.92 Å². The van der Waals surface area contributed by atoms with Crippen LogP contribution < -0.4 is 0 Å². The third-order valence-corrected chi connectivity index (χ3v) is 4.25. The average molecular weight is 270 g/mol. The molecule has 0 spiro atoms. The SMILES string of the molecule is CC1CCN(C(=O)N2CCCC(CO)C2)C1C(=O)O. The second-order valence-electron chi connectivity index (χ2n) is 5.66. The van der Waals surface area contributed by atoms with E-state index >= 15 is 0 Å². The second kappa shape index (κ2) is 5.77. The van der Waals surface area contributed by atoms with Gasteiger partial charge in [0.25, 0.3) is 0 Å². The molecule has 3 atom stereocenters. The number of carbonyl (C=O) groups is 2. The largest absolute Gasteiger partial charge is 0.480 e. The van der Waals surface area contributed by atoms with Crippen molar-refractivity contribution >= 4 is 12.0 Å². The van der Waals surface area contributed by atoms with Crippen molar-refractivity contribution in [2.45, 2.75) is 32.2 Å². The molecule has 2 amide bonds. The normalized spacial score (nSPS) is 31.6. The average Bonchev–Trinajstić information content (AvgIpc) is 2.80. The summed E-state index contributed by atoms with van der Waals surface area (Å²) >= 11 is 0. The molecule has 2 aliphatic heterocycles. The summed E-state index contributed by atoms with van der Waals surface area (Å²) in [5.74, 6) is -0.796. The van der Waals surface area contributed by atoms with Gasteiger partial charge in [0.15, 0.2) is 0 Å². The van der Waals surface area contributed by atoms with Crippen molar-refractivity contribution in [2.75, 3.05) is 26.2 Å². The third kappa shape index (κ3) is 2.83. The summed E-state index contributed by atoms with van der Waals surface area (Å²) in [5, 5.41) is 18.4. The lowest BCUT2D eigenvalue weighted by Gasteiger charge is -2.36. The van der Waals surface area contributed by atoms with E-state index in [0.717, 1.165) is 19.3 Å². The Morgan fingerprint density at radius 2 is 2.00 bits per heavy atom. The van der Waals surface area contributed by atoms with Gasteiger partial charge in [-0.2, -0.15) is 0 Å². The lowest BCUT2D eigenvalue weighted by atomic mass is 9.99. The number of aliphatic carboxylic acids is 1. The number of piperidine rings is 1. The van der Waals surface area contributed by atoms with Crippen molar-refractivity contribution < 1.29 is 19.8 Å². The maximum atomic E-state index is 12.4. The lowest BCUT2D eigenvalue weighted by molar-refractivity contribution is -0.142. The number of hydrogen-bond acceptors (Lipinski definition) is 3. The molecule has 0 aromatic heterocycles. The monoisotopic (exact) mass is 270 g/mol. The molecule has 2 N–H and O–H groups in total. The van der Waals surface area contributed by atoms with Crippen LogP contribution in [0.15, 0.2) is 0 Å². The molecule has 2 aliphatic rings. The third-order valence-electron chi connectivity index (χ3n) is 4.25. The van der Waals surface area contributed by atoms with Gasteiger partial charge in [-0.05, 0) is 31.1 Å². The number of urea groups is 1. The number of carboxylic acids is 1. The minimum atomic E-state index is -0.922. The van der Waals surface area contributed by atoms with E-state index in [1.165, 1.54) is 4.90 Å². The Balaban J connectivity index is 2.04. The van der Waals surface area contributed by atoms with Crippen LogP contribution in [0.1, 0.15) is 26.2 Å². The fourth-order valence-corrected chi connectivity index (χ4v) is 3.11. The molecule has 0 saturated carbocycles. The van der Waals surface area contributed by atoms with Crippen LogP contribution in [-0.2, 0) is 4.79 Å². The zero-order valence-corrected chi connectivity index (χ0v) is 11.3. The van der Waals surface area contributed by atoms with Crippen molar-refractivity contribution in [3.05, 3.63) is 0 Å². The smallest absolute Gasteiger partial charge is 0.326 e. The van der Waals surface area contributed by atoms with Crippen molar-refractivity contribution in [1.29, 1.82) is 0 Å². The number of likely N-dealkylation sites (tertiary alicyclic amines) is 2. The van der Waals surface area contributed by atoms with Gasteiger partial charge in [0, 0.05) is 26.2 Å². The van der Waals surface area contributed by atoms with Crippen LogP contribution in [0.4, 0.5) is 4.79 Å². The van der Waals surface area contributed by atoms with Crippen LogP contribution in [0.2, 0.25) is 0 Å². The van der Waals surface area contributed by atoms with E-state index in [1.807, 2.05) is 6.92 Å². The van der Waals surface area contributed by atoms with E-state index in [2.05, 4.69) is 0 Å². The first-order valence-electron chi connectivity index (χ1n) is 6.93. The van der Waals surface area contributed by atoms with Gasteiger partial charge in [0.2, 0.25) is 0 Å². The molecular formula is C13H22N2O4. The van der Waals surface area contributed by atoms with Gasteiger partial charge in [-0.15, -0.1) is 0 Å². The molecule has 2 saturated heterocycles. The molecule has 3 unspecified atom stereocenters. The zero-order valence-electron chi connectivity index (χ0n) is 11.3. The molecule has 0 aromatic rings. The Bertz CT molecular complexity index is 361. The van der Waals surface area contributed by atoms with Crippen LogP contribution in [0, 0.1) is 11.8 Å². The number of carboxylic acid groups (broad SMARTS) is 1. The molecule has 6 heteroatoms. The van der Waals surface area contributed by atoms with Crippen LogP contribution in [0.25, 0.3) is 0 Å². The predicted octanol–water partition coefficient (Wildman–Crippen LogP) is 0.606. The predicted molar refractivity (Wildman–Crippen MR) is 68.7 cm³/mol. The number of nitrogens with zero attached hydrogens (tertiary/aromatic N) is 2. The van der Waals surface area contributed by atoms with Crippen LogP contribution in [0.5, 0.6) is 0 Å². The van der Waals surface area contributed by atoms with Crippen LogP contribution >= 0.6 is 0 Å². The van der Waals surface area contributed by atoms with Crippen molar-refractivity contribution in [1.82, 2.24) is 9.80 Å². The van der Waals surface area contributed by atoms with Gasteiger partial charge in [0.05, 0.1) is 0 Å². The van der Waals surface area contributed by atoms with E-state index in [4.69, 9.17) is 0 Å². The number of rotatable bonds is 2. The van der Waals surface area contributed by atoms with Crippen molar-refractivity contribution in [3.63, 3.8) is 0 Å². The van der Waals surface area contributed by atoms with Crippen LogP contribution in [-0.4, -0.2) is 64.3 Å². The Labute approximate surface area is 113 Å². The Morgan fingerprint density at radius 1 is 1.26 bits per heavy atom. The Hall–Kier alpha value is -1.30. The van der Waals surface area contributed by atoms with Gasteiger partial charge in [-0.3, -0.25) is 0 Å².